The number of rotatable bonds is 4. The van der Waals surface area contributed by atoms with Crippen molar-refractivity contribution >= 4 is 48.9 Å². The van der Waals surface area contributed by atoms with Crippen molar-refractivity contribution in [2.45, 2.75) is 11.9 Å². The smallest absolute Gasteiger partial charge is 0.280 e. The van der Waals surface area contributed by atoms with E-state index in [-0.39, 0.29) is 5.03 Å². The van der Waals surface area contributed by atoms with Gasteiger partial charge in [-0.05, 0) is 37.3 Å². The maximum absolute atomic E-state index is 12.5. The molecule has 0 aliphatic carbocycles. The van der Waals surface area contributed by atoms with E-state index in [4.69, 9.17) is 11.6 Å². The number of hydrogen-bond acceptors (Lipinski definition) is 5. The molecule has 2 aromatic heterocycles. The Morgan fingerprint density at radius 1 is 1.15 bits per heavy atom. The van der Waals surface area contributed by atoms with Crippen molar-refractivity contribution in [3.8, 4) is 10.6 Å². The first-order chi connectivity index (χ1) is 12.8. The molecule has 4 rings (SSSR count). The van der Waals surface area contributed by atoms with E-state index in [1.807, 2.05) is 24.3 Å². The quantitative estimate of drug-likeness (QED) is 0.530. The molecular formula is C18H15ClN4O2S2. The molecule has 1 N–H and O–H groups in total. The van der Waals surface area contributed by atoms with E-state index < -0.39 is 10.0 Å². The van der Waals surface area contributed by atoms with Gasteiger partial charge < -0.3 is 4.57 Å². The van der Waals surface area contributed by atoms with Crippen LogP contribution in [-0.4, -0.2) is 23.0 Å². The first-order valence-electron chi connectivity index (χ1n) is 8.02. The van der Waals surface area contributed by atoms with Gasteiger partial charge in [0.05, 0.1) is 20.9 Å². The second kappa shape index (κ2) is 6.63. The fourth-order valence-electron chi connectivity index (χ4n) is 2.60. The van der Waals surface area contributed by atoms with Gasteiger partial charge in [0.1, 0.15) is 10.8 Å². The van der Waals surface area contributed by atoms with Gasteiger partial charge in [0.15, 0.2) is 5.03 Å². The van der Waals surface area contributed by atoms with Crippen LogP contribution in [0.3, 0.4) is 0 Å². The van der Waals surface area contributed by atoms with Gasteiger partial charge in [0, 0.05) is 18.8 Å². The predicted octanol–water partition coefficient (Wildman–Crippen LogP) is 4.46. The number of imidazole rings is 1. The zero-order valence-electron chi connectivity index (χ0n) is 14.5. The van der Waals surface area contributed by atoms with Crippen LogP contribution < -0.4 is 4.72 Å². The molecule has 0 bridgehead atoms. The van der Waals surface area contributed by atoms with Crippen LogP contribution in [0.5, 0.6) is 0 Å². The number of sulfonamides is 1. The Hall–Kier alpha value is -2.42. The van der Waals surface area contributed by atoms with Gasteiger partial charge in [0.25, 0.3) is 10.0 Å². The summed E-state index contributed by atoms with van der Waals surface area (Å²) in [4.78, 5) is 8.65. The average molecular weight is 419 g/mol. The second-order valence-electron chi connectivity index (χ2n) is 6.02. The summed E-state index contributed by atoms with van der Waals surface area (Å²) in [7, 11) is -2.04. The first-order valence-corrected chi connectivity index (χ1v) is 10.7. The average Bonchev–Trinajstić information content (AvgIpc) is 3.18. The minimum absolute atomic E-state index is 0.0335. The molecule has 9 heteroatoms. The molecule has 0 unspecified atom stereocenters. The first kappa shape index (κ1) is 18.0. The zero-order valence-corrected chi connectivity index (χ0v) is 16.9. The van der Waals surface area contributed by atoms with Crippen LogP contribution in [0.4, 0.5) is 5.69 Å². The Morgan fingerprint density at radius 3 is 2.59 bits per heavy atom. The highest BCUT2D eigenvalue weighted by Crippen LogP contribution is 2.35. The van der Waals surface area contributed by atoms with Crippen molar-refractivity contribution < 1.29 is 8.42 Å². The Labute approximate surface area is 165 Å². The molecule has 2 heterocycles. The van der Waals surface area contributed by atoms with Crippen molar-refractivity contribution in [3.05, 3.63) is 59.5 Å². The number of benzene rings is 2. The van der Waals surface area contributed by atoms with Crippen molar-refractivity contribution in [1.82, 2.24) is 14.5 Å². The highest BCUT2D eigenvalue weighted by Gasteiger charge is 2.19. The Kier molecular flexibility index (Phi) is 4.41. The van der Waals surface area contributed by atoms with Gasteiger partial charge >= 0.3 is 0 Å². The molecule has 138 valence electrons. The van der Waals surface area contributed by atoms with Gasteiger partial charge in [-0.1, -0.05) is 23.7 Å². The molecule has 27 heavy (non-hydrogen) atoms. The van der Waals surface area contributed by atoms with Gasteiger partial charge in [0.2, 0.25) is 0 Å². The van der Waals surface area contributed by atoms with E-state index >= 15 is 0 Å². The summed E-state index contributed by atoms with van der Waals surface area (Å²) in [6.45, 7) is 1.74. The van der Waals surface area contributed by atoms with Crippen LogP contribution in [0.15, 0.2) is 53.7 Å². The van der Waals surface area contributed by atoms with E-state index in [1.165, 1.54) is 17.5 Å². The molecular weight excluding hydrogens is 404 g/mol. The standard InChI is InChI=1S/C18H15ClN4O2S2/c1-11-20-17(10-23(11)2)27(24,25)22-12-7-8-13(14(19)9-12)18-21-15-5-3-4-6-16(15)26-18/h3-10,22H,1-2H3. The summed E-state index contributed by atoms with van der Waals surface area (Å²) in [5.74, 6) is 0.611. The minimum Gasteiger partial charge on any atom is -0.337 e. The summed E-state index contributed by atoms with van der Waals surface area (Å²) in [5, 5.41) is 1.18. The molecule has 0 amide bonds. The SMILES string of the molecule is Cc1nc(S(=O)(=O)Nc2ccc(-c3nc4ccccc4s3)c(Cl)c2)cn1C. The zero-order chi connectivity index (χ0) is 19.2. The van der Waals surface area contributed by atoms with E-state index in [2.05, 4.69) is 14.7 Å². The third kappa shape index (κ3) is 3.43. The molecule has 0 spiro atoms. The number of halogens is 1. The minimum atomic E-state index is -3.78. The molecule has 2 aromatic carbocycles. The summed E-state index contributed by atoms with van der Waals surface area (Å²) in [6.07, 6.45) is 1.47. The predicted molar refractivity (Wildman–Crippen MR) is 109 cm³/mol. The van der Waals surface area contributed by atoms with Crippen molar-refractivity contribution in [1.29, 1.82) is 0 Å². The Bertz CT molecular complexity index is 1210. The van der Waals surface area contributed by atoms with Crippen LogP contribution in [0.1, 0.15) is 5.82 Å². The number of para-hydroxylation sites is 1. The van der Waals surface area contributed by atoms with Gasteiger partial charge in [-0.3, -0.25) is 4.72 Å². The lowest BCUT2D eigenvalue weighted by Crippen LogP contribution is -2.13. The fourth-order valence-corrected chi connectivity index (χ4v) is 5.02. The van der Waals surface area contributed by atoms with Crippen LogP contribution in [0.25, 0.3) is 20.8 Å². The molecule has 6 nitrogen and oxygen atoms in total. The monoisotopic (exact) mass is 418 g/mol. The highest BCUT2D eigenvalue weighted by molar-refractivity contribution is 7.92. The largest absolute Gasteiger partial charge is 0.337 e. The maximum Gasteiger partial charge on any atom is 0.280 e. The van der Waals surface area contributed by atoms with Crippen molar-refractivity contribution in [2.75, 3.05) is 4.72 Å². The number of aromatic nitrogens is 3. The van der Waals surface area contributed by atoms with Gasteiger partial charge in [-0.2, -0.15) is 8.42 Å². The van der Waals surface area contributed by atoms with Gasteiger partial charge in [-0.25, -0.2) is 9.97 Å². The normalized spacial score (nSPS) is 11.8. The maximum atomic E-state index is 12.5. The lowest BCUT2D eigenvalue weighted by molar-refractivity contribution is 0.598. The molecule has 0 atom stereocenters. The van der Waals surface area contributed by atoms with Gasteiger partial charge in [-0.15, -0.1) is 11.3 Å². The van der Waals surface area contributed by atoms with Crippen LogP contribution in [0.2, 0.25) is 5.02 Å². The number of thiazole rings is 1. The molecule has 4 aromatic rings. The van der Waals surface area contributed by atoms with E-state index in [9.17, 15) is 8.42 Å². The summed E-state index contributed by atoms with van der Waals surface area (Å²) in [6, 6.07) is 12.9. The summed E-state index contributed by atoms with van der Waals surface area (Å²) < 4.78 is 30.3. The number of nitrogens with one attached hydrogen (secondary N) is 1. The highest BCUT2D eigenvalue weighted by atomic mass is 35.5. The van der Waals surface area contributed by atoms with Crippen molar-refractivity contribution in [2.24, 2.45) is 7.05 Å². The van der Waals surface area contributed by atoms with Crippen LogP contribution in [0, 0.1) is 6.92 Å². The molecule has 0 saturated carbocycles. The summed E-state index contributed by atoms with van der Waals surface area (Å²) in [5.41, 5.74) is 2.03. The molecule has 0 saturated heterocycles. The number of nitrogens with zero attached hydrogens (tertiary/aromatic N) is 3. The molecule has 0 aliphatic rings. The Balaban J connectivity index is 1.65. The van der Waals surface area contributed by atoms with E-state index in [1.54, 1.807) is 36.7 Å². The van der Waals surface area contributed by atoms with Crippen LogP contribution >= 0.6 is 22.9 Å². The lowest BCUT2D eigenvalue weighted by atomic mass is 10.2. The Morgan fingerprint density at radius 2 is 1.93 bits per heavy atom. The fraction of sp³-hybridized carbons (Fsp3) is 0.111. The third-order valence-electron chi connectivity index (χ3n) is 4.11. The topological polar surface area (TPSA) is 76.9 Å². The molecule has 0 fully saturated rings. The molecule has 0 radical (unpaired) electrons. The summed E-state index contributed by atoms with van der Waals surface area (Å²) >= 11 is 7.95. The molecule has 0 aliphatic heterocycles. The second-order valence-corrected chi connectivity index (χ2v) is 9.09. The number of hydrogen-bond donors (Lipinski definition) is 1. The number of aryl methyl sites for hydroxylation is 2. The number of anilines is 1. The third-order valence-corrected chi connectivity index (χ3v) is 6.74. The van der Waals surface area contributed by atoms with Crippen LogP contribution in [-0.2, 0) is 17.1 Å². The lowest BCUT2D eigenvalue weighted by Gasteiger charge is -2.08. The van der Waals surface area contributed by atoms with E-state index in [0.29, 0.717) is 16.5 Å². The van der Waals surface area contributed by atoms with E-state index in [0.717, 1.165) is 20.8 Å². The van der Waals surface area contributed by atoms with Crippen molar-refractivity contribution in [3.63, 3.8) is 0 Å². The number of fused-ring (bicyclic) bond motifs is 1.